The average molecular weight is 355 g/mol. The maximum atomic E-state index is 13.0. The summed E-state index contributed by atoms with van der Waals surface area (Å²) in [4.78, 5) is 7.99. The molecule has 2 rings (SSSR count). The fourth-order valence-corrected chi connectivity index (χ4v) is 2.09. The maximum absolute atomic E-state index is 13.0. The average Bonchev–Trinajstić information content (AvgIpc) is 2.45. The van der Waals surface area contributed by atoms with Crippen LogP contribution >= 0.6 is 15.9 Å². The van der Waals surface area contributed by atoms with Crippen molar-refractivity contribution in [2.75, 3.05) is 0 Å². The molecule has 2 aromatic carbocycles. The van der Waals surface area contributed by atoms with Crippen LogP contribution in [-0.2, 0) is 6.61 Å². The lowest BCUT2D eigenvalue weighted by molar-refractivity contribution is 0.0592. The molecule has 0 fully saturated rings. The zero-order valence-corrected chi connectivity index (χ0v) is 12.9. The van der Waals surface area contributed by atoms with Gasteiger partial charge in [-0.25, -0.2) is 0 Å². The van der Waals surface area contributed by atoms with E-state index in [0.717, 1.165) is 5.56 Å². The van der Waals surface area contributed by atoms with E-state index in [-0.39, 0.29) is 5.56 Å². The smallest absolute Gasteiger partial charge is 0.363 e. The van der Waals surface area contributed by atoms with E-state index in [4.69, 9.17) is 4.74 Å². The van der Waals surface area contributed by atoms with Crippen molar-refractivity contribution in [3.63, 3.8) is 0 Å². The molecule has 0 aliphatic rings. The second-order valence-electron chi connectivity index (χ2n) is 4.58. The van der Waals surface area contributed by atoms with Gasteiger partial charge in [-0.05, 0) is 52.2 Å². The molecular weight excluding hydrogens is 342 g/mol. The molecular formula is C16H13BrF2O2. The van der Waals surface area contributed by atoms with E-state index in [1.807, 2.05) is 30.3 Å². The Bertz CT molecular complexity index is 636. The first kappa shape index (κ1) is 15.6. The summed E-state index contributed by atoms with van der Waals surface area (Å²) < 4.78 is 31.6. The lowest BCUT2D eigenvalue weighted by Gasteiger charge is -2.12. The van der Waals surface area contributed by atoms with Gasteiger partial charge < -0.3 is 4.74 Å². The van der Waals surface area contributed by atoms with Crippen LogP contribution in [0.25, 0.3) is 0 Å². The molecule has 0 N–H and O–H groups in total. The van der Waals surface area contributed by atoms with Crippen molar-refractivity contribution in [2.24, 2.45) is 0 Å². The molecule has 5 heteroatoms. The molecule has 0 bridgehead atoms. The molecule has 0 aromatic heterocycles. The summed E-state index contributed by atoms with van der Waals surface area (Å²) in [6, 6.07) is 14.0. The van der Waals surface area contributed by atoms with Crippen molar-refractivity contribution in [2.45, 2.75) is 18.4 Å². The van der Waals surface area contributed by atoms with Gasteiger partial charge in [0, 0.05) is 5.56 Å². The molecule has 0 spiro atoms. The number of ether oxygens (including phenoxy) is 1. The summed E-state index contributed by atoms with van der Waals surface area (Å²) in [7, 11) is 0. The fourth-order valence-electron chi connectivity index (χ4n) is 1.87. The van der Waals surface area contributed by atoms with E-state index in [9.17, 15) is 13.6 Å². The number of halogens is 3. The Hall–Kier alpha value is -1.75. The van der Waals surface area contributed by atoms with Crippen LogP contribution in [0.3, 0.4) is 0 Å². The third kappa shape index (κ3) is 4.11. The first-order valence-electron chi connectivity index (χ1n) is 6.27. The highest BCUT2D eigenvalue weighted by Gasteiger charge is 2.36. The van der Waals surface area contributed by atoms with Gasteiger partial charge in [-0.15, -0.1) is 0 Å². The van der Waals surface area contributed by atoms with E-state index in [1.54, 1.807) is 13.0 Å². The molecule has 0 aliphatic carbocycles. The summed E-state index contributed by atoms with van der Waals surface area (Å²) in [6.07, 6.45) is 0. The van der Waals surface area contributed by atoms with Crippen molar-refractivity contribution in [3.05, 3.63) is 65.2 Å². The number of carbonyl (C=O) groups is 1. The van der Waals surface area contributed by atoms with Crippen molar-refractivity contribution in [1.82, 2.24) is 0 Å². The molecule has 0 saturated heterocycles. The van der Waals surface area contributed by atoms with Gasteiger partial charge in [-0.1, -0.05) is 30.3 Å². The van der Waals surface area contributed by atoms with Crippen LogP contribution in [0.2, 0.25) is 0 Å². The number of Topliss-reactive ketones (excluding diaryl/α,β-unsaturated/α-hetero) is 1. The largest absolute Gasteiger partial charge is 0.489 e. The molecule has 0 unspecified atom stereocenters. The number of ketones is 1. The Kier molecular flexibility index (Phi) is 4.73. The summed E-state index contributed by atoms with van der Waals surface area (Å²) in [5.74, 6) is -0.722. The number of aryl methyl sites for hydroxylation is 1. The Labute approximate surface area is 129 Å². The highest BCUT2D eigenvalue weighted by atomic mass is 79.9. The summed E-state index contributed by atoms with van der Waals surface area (Å²) >= 11 is 2.08. The van der Waals surface area contributed by atoms with Crippen LogP contribution in [-0.4, -0.2) is 10.6 Å². The Morgan fingerprint density at radius 1 is 1.19 bits per heavy atom. The van der Waals surface area contributed by atoms with Crippen LogP contribution in [0.5, 0.6) is 5.75 Å². The molecule has 0 saturated carbocycles. The number of benzene rings is 2. The number of alkyl halides is 3. The lowest BCUT2D eigenvalue weighted by atomic mass is 10.0. The minimum atomic E-state index is -3.55. The number of hydrogen-bond acceptors (Lipinski definition) is 2. The molecule has 0 aliphatic heterocycles. The molecule has 21 heavy (non-hydrogen) atoms. The second-order valence-corrected chi connectivity index (χ2v) is 5.57. The van der Waals surface area contributed by atoms with Crippen molar-refractivity contribution < 1.29 is 18.3 Å². The molecule has 0 heterocycles. The number of carbonyl (C=O) groups excluding carboxylic acids is 1. The van der Waals surface area contributed by atoms with Gasteiger partial charge in [-0.2, -0.15) is 8.78 Å². The molecule has 110 valence electrons. The topological polar surface area (TPSA) is 26.3 Å². The van der Waals surface area contributed by atoms with Crippen molar-refractivity contribution in [3.8, 4) is 5.75 Å². The zero-order chi connectivity index (χ0) is 15.5. The van der Waals surface area contributed by atoms with E-state index in [1.165, 1.54) is 12.1 Å². The summed E-state index contributed by atoms with van der Waals surface area (Å²) in [5.41, 5.74) is 1.43. The Balaban J connectivity index is 2.11. The lowest BCUT2D eigenvalue weighted by Crippen LogP contribution is -2.21. The normalized spacial score (nSPS) is 11.2. The predicted molar refractivity (Wildman–Crippen MR) is 80.2 cm³/mol. The minimum absolute atomic E-state index is 0.0241. The molecule has 0 amide bonds. The monoisotopic (exact) mass is 354 g/mol. The van der Waals surface area contributed by atoms with Gasteiger partial charge in [0.05, 0.1) is 0 Å². The molecule has 2 nitrogen and oxygen atoms in total. The first-order valence-corrected chi connectivity index (χ1v) is 7.06. The standard InChI is InChI=1S/C16H13BrF2O2/c1-11-9-13(21-10-12-5-3-2-4-6-12)7-8-14(11)15(20)16(17,18)19/h2-9H,10H2,1H3. The third-order valence-electron chi connectivity index (χ3n) is 2.95. The van der Waals surface area contributed by atoms with E-state index in [2.05, 4.69) is 15.9 Å². The van der Waals surface area contributed by atoms with Crippen LogP contribution in [0.15, 0.2) is 48.5 Å². The van der Waals surface area contributed by atoms with E-state index >= 15 is 0 Å². The van der Waals surface area contributed by atoms with Gasteiger partial charge in [0.25, 0.3) is 0 Å². The first-order chi connectivity index (χ1) is 9.88. The Morgan fingerprint density at radius 3 is 2.43 bits per heavy atom. The van der Waals surface area contributed by atoms with Gasteiger partial charge >= 0.3 is 4.83 Å². The zero-order valence-electron chi connectivity index (χ0n) is 11.3. The fraction of sp³-hybridized carbons (Fsp3) is 0.188. The summed E-state index contributed by atoms with van der Waals surface area (Å²) in [5, 5.41) is 0. The van der Waals surface area contributed by atoms with Crippen molar-refractivity contribution in [1.29, 1.82) is 0 Å². The number of hydrogen-bond donors (Lipinski definition) is 0. The van der Waals surface area contributed by atoms with Gasteiger partial charge in [0.2, 0.25) is 5.78 Å². The van der Waals surface area contributed by atoms with Crippen LogP contribution in [0.1, 0.15) is 21.5 Å². The maximum Gasteiger partial charge on any atom is 0.363 e. The van der Waals surface area contributed by atoms with E-state index < -0.39 is 10.6 Å². The molecule has 0 radical (unpaired) electrons. The predicted octanol–water partition coefficient (Wildman–Crippen LogP) is 4.74. The SMILES string of the molecule is Cc1cc(OCc2ccccc2)ccc1C(=O)C(F)(F)Br. The third-order valence-corrected chi connectivity index (χ3v) is 3.31. The quantitative estimate of drug-likeness (QED) is 0.572. The van der Waals surface area contributed by atoms with Gasteiger partial charge in [0.1, 0.15) is 12.4 Å². The Morgan fingerprint density at radius 2 is 1.86 bits per heavy atom. The highest BCUT2D eigenvalue weighted by Crippen LogP contribution is 2.29. The van der Waals surface area contributed by atoms with E-state index in [0.29, 0.717) is 17.9 Å². The van der Waals surface area contributed by atoms with Crippen LogP contribution in [0.4, 0.5) is 8.78 Å². The minimum Gasteiger partial charge on any atom is -0.489 e. The van der Waals surface area contributed by atoms with Crippen LogP contribution < -0.4 is 4.74 Å². The molecule has 2 aromatic rings. The molecule has 0 atom stereocenters. The number of rotatable bonds is 5. The van der Waals surface area contributed by atoms with Gasteiger partial charge in [0.15, 0.2) is 0 Å². The summed E-state index contributed by atoms with van der Waals surface area (Å²) in [6.45, 7) is 1.98. The second kappa shape index (κ2) is 6.35. The highest BCUT2D eigenvalue weighted by molar-refractivity contribution is 9.10. The van der Waals surface area contributed by atoms with Crippen molar-refractivity contribution >= 4 is 21.7 Å². The van der Waals surface area contributed by atoms with Gasteiger partial charge in [-0.3, -0.25) is 4.79 Å². The van der Waals surface area contributed by atoms with Crippen LogP contribution in [0, 0.1) is 6.92 Å².